The topological polar surface area (TPSA) is 213 Å². The average molecular weight is 669 g/mol. The van der Waals surface area contributed by atoms with Gasteiger partial charge in [0.05, 0.1) is 25.9 Å². The van der Waals surface area contributed by atoms with Gasteiger partial charge in [0, 0.05) is 22.7 Å². The van der Waals surface area contributed by atoms with Gasteiger partial charge in [-0.15, -0.1) is 0 Å². The average Bonchev–Trinajstić information content (AvgIpc) is 3.62. The minimum Gasteiger partial charge on any atom is -0.480 e. The summed E-state index contributed by atoms with van der Waals surface area (Å²) in [6.07, 6.45) is 0.770. The maximum atomic E-state index is 11.7. The van der Waals surface area contributed by atoms with Gasteiger partial charge in [-0.1, -0.05) is 0 Å². The number of nitrogens with one attached hydrogen (secondary N) is 5. The molecule has 4 aromatic carbocycles. The quantitative estimate of drug-likeness (QED) is 0.0905. The molecule has 0 saturated carbocycles. The number of amides is 3. The van der Waals surface area contributed by atoms with Crippen molar-refractivity contribution in [1.29, 1.82) is 0 Å². The Balaban J connectivity index is 0.000000196. The third kappa shape index (κ3) is 11.7. The van der Waals surface area contributed by atoms with Crippen LogP contribution in [0.3, 0.4) is 0 Å². The fourth-order valence-corrected chi connectivity index (χ4v) is 4.55. The van der Waals surface area contributed by atoms with Gasteiger partial charge in [0.25, 0.3) is 0 Å². The fraction of sp³-hybridized carbons (Fsp3) is 0.176. The first-order valence-electron chi connectivity index (χ1n) is 15.2. The van der Waals surface area contributed by atoms with Gasteiger partial charge in [0.15, 0.2) is 0 Å². The molecule has 0 radical (unpaired) electrons. The number of nitrogens with two attached hydrogens (primary N) is 1. The lowest BCUT2D eigenvalue weighted by Gasteiger charge is -2.09. The molecule has 15 heteroatoms. The van der Waals surface area contributed by atoms with Gasteiger partial charge in [-0.3, -0.25) is 19.2 Å². The predicted molar refractivity (Wildman–Crippen MR) is 187 cm³/mol. The molecular weight excluding hydrogens is 631 g/mol. The Morgan fingerprint density at radius 3 is 1.67 bits per heavy atom. The molecule has 6 rings (SSSR count). The monoisotopic (exact) mass is 668 g/mol. The van der Waals surface area contributed by atoms with Crippen LogP contribution in [0, 0.1) is 0 Å². The molecule has 4 aromatic rings. The summed E-state index contributed by atoms with van der Waals surface area (Å²) in [6.45, 7) is 1.61. The standard InChI is InChI=1S/C17H18BN3O4.C14H12N2O2.C3H7NO2/c1-18(24)19-10-17(23)20-12-2-4-13(5-3-12)25-14-6-7-15-11(8-14)9-16(22)21-15;15-10-1-3-11(4-2-10)18-12-5-6-13-9(7-12)8-14(17)16-13;1-4-2-3(5)6/h2-8,19,24H,9-10H2,1H3,(H,20,23)(H,21,22);1-7H,8,15H2,(H,16,17);4H,2H2,1H3,(H,5,6). The second kappa shape index (κ2) is 17.3. The number of nitrogen functional groups attached to an aromatic ring is 1. The van der Waals surface area contributed by atoms with Crippen molar-refractivity contribution in [2.75, 3.05) is 41.8 Å². The van der Waals surface area contributed by atoms with Gasteiger partial charge >= 0.3 is 13.0 Å². The SMILES string of the molecule is CB(O)NCC(=O)Nc1ccc(Oc2ccc3c(c2)CC(=O)N3)cc1.CNCC(=O)O.Nc1ccc(Oc2ccc3c(c2)CC(=O)N3)cc1. The fourth-order valence-electron chi connectivity index (χ4n) is 4.55. The third-order valence-corrected chi connectivity index (χ3v) is 6.78. The zero-order valence-corrected chi connectivity index (χ0v) is 26.9. The number of hydrogen-bond donors (Lipinski definition) is 8. The first-order chi connectivity index (χ1) is 23.5. The lowest BCUT2D eigenvalue weighted by atomic mass is 9.89. The van der Waals surface area contributed by atoms with E-state index in [4.69, 9.17) is 25.3 Å². The lowest BCUT2D eigenvalue weighted by molar-refractivity contribution is -0.135. The number of carboxylic acids is 1. The summed E-state index contributed by atoms with van der Waals surface area (Å²) in [4.78, 5) is 43.8. The molecule has 2 heterocycles. The van der Waals surface area contributed by atoms with Crippen molar-refractivity contribution < 1.29 is 38.8 Å². The molecule has 14 nitrogen and oxygen atoms in total. The second-order valence-electron chi connectivity index (χ2n) is 10.9. The summed E-state index contributed by atoms with van der Waals surface area (Å²) < 4.78 is 11.5. The van der Waals surface area contributed by atoms with Gasteiger partial charge in [0.1, 0.15) is 23.0 Å². The van der Waals surface area contributed by atoms with Crippen molar-refractivity contribution in [3.8, 4) is 23.0 Å². The molecule has 0 saturated heterocycles. The van der Waals surface area contributed by atoms with Crippen LogP contribution in [0.2, 0.25) is 6.82 Å². The van der Waals surface area contributed by atoms with Crippen LogP contribution in [0.15, 0.2) is 84.9 Å². The number of rotatable bonds is 10. The van der Waals surface area contributed by atoms with Crippen LogP contribution in [-0.2, 0) is 32.0 Å². The molecule has 2 aliphatic heterocycles. The number of carbonyl (C=O) groups is 4. The summed E-state index contributed by atoms with van der Waals surface area (Å²) in [5.74, 6) is 1.65. The van der Waals surface area contributed by atoms with E-state index in [1.54, 1.807) is 56.3 Å². The van der Waals surface area contributed by atoms with Crippen LogP contribution in [0.25, 0.3) is 0 Å². The number of ether oxygens (including phenoxy) is 2. The highest BCUT2D eigenvalue weighted by molar-refractivity contribution is 6.45. The highest BCUT2D eigenvalue weighted by Gasteiger charge is 2.19. The first-order valence-corrected chi connectivity index (χ1v) is 15.2. The highest BCUT2D eigenvalue weighted by atomic mass is 16.5. The normalized spacial score (nSPS) is 12.1. The van der Waals surface area contributed by atoms with Crippen molar-refractivity contribution in [1.82, 2.24) is 10.5 Å². The number of carboxylic acid groups (broad SMARTS) is 1. The number of aliphatic carboxylic acids is 1. The van der Waals surface area contributed by atoms with Crippen molar-refractivity contribution in [3.05, 3.63) is 96.1 Å². The molecular formula is C34H37BN6O8. The molecule has 2 aliphatic rings. The number of likely N-dealkylation sites (N-methyl/N-ethyl adjacent to an activating group) is 1. The molecule has 0 aromatic heterocycles. The molecule has 0 bridgehead atoms. The van der Waals surface area contributed by atoms with Gasteiger partial charge in [-0.25, -0.2) is 0 Å². The van der Waals surface area contributed by atoms with Crippen molar-refractivity contribution >= 4 is 53.5 Å². The Morgan fingerprint density at radius 1 is 0.776 bits per heavy atom. The number of anilines is 4. The zero-order chi connectivity index (χ0) is 35.3. The molecule has 0 fully saturated rings. The van der Waals surface area contributed by atoms with Crippen LogP contribution in [0.4, 0.5) is 22.7 Å². The number of benzene rings is 4. The van der Waals surface area contributed by atoms with Crippen molar-refractivity contribution in [3.63, 3.8) is 0 Å². The second-order valence-corrected chi connectivity index (χ2v) is 10.9. The molecule has 3 amide bonds. The van der Waals surface area contributed by atoms with Gasteiger partial charge in [-0.2, -0.15) is 0 Å². The highest BCUT2D eigenvalue weighted by Crippen LogP contribution is 2.31. The Morgan fingerprint density at radius 2 is 1.24 bits per heavy atom. The Kier molecular flexibility index (Phi) is 12.7. The van der Waals surface area contributed by atoms with Crippen LogP contribution in [-0.4, -0.2) is 61.0 Å². The molecule has 0 unspecified atom stereocenters. The summed E-state index contributed by atoms with van der Waals surface area (Å²) in [6, 6.07) is 25.2. The third-order valence-electron chi connectivity index (χ3n) is 6.78. The van der Waals surface area contributed by atoms with E-state index < -0.39 is 13.0 Å². The van der Waals surface area contributed by atoms with Crippen molar-refractivity contribution in [2.45, 2.75) is 19.7 Å². The minimum atomic E-state index is -0.822. The van der Waals surface area contributed by atoms with Crippen LogP contribution in [0.5, 0.6) is 23.0 Å². The molecule has 0 aliphatic carbocycles. The molecule has 254 valence electrons. The Labute approximate surface area is 283 Å². The largest absolute Gasteiger partial charge is 0.480 e. The molecule has 0 atom stereocenters. The van der Waals surface area contributed by atoms with E-state index in [0.29, 0.717) is 35.7 Å². The summed E-state index contributed by atoms with van der Waals surface area (Å²) >= 11 is 0. The Hall–Kier alpha value is -5.90. The van der Waals surface area contributed by atoms with E-state index in [1.165, 1.54) is 0 Å². The molecule has 9 N–H and O–H groups in total. The number of fused-ring (bicyclic) bond motifs is 2. The molecule has 49 heavy (non-hydrogen) atoms. The van der Waals surface area contributed by atoms with E-state index in [1.807, 2.05) is 42.5 Å². The van der Waals surface area contributed by atoms with E-state index >= 15 is 0 Å². The van der Waals surface area contributed by atoms with Gasteiger partial charge < -0.3 is 51.8 Å². The van der Waals surface area contributed by atoms with E-state index in [0.717, 1.165) is 34.0 Å². The first kappa shape index (κ1) is 35.9. The van der Waals surface area contributed by atoms with Crippen LogP contribution >= 0.6 is 0 Å². The number of carbonyl (C=O) groups excluding carboxylic acids is 3. The van der Waals surface area contributed by atoms with Gasteiger partial charge in [0.2, 0.25) is 17.7 Å². The Bertz CT molecular complexity index is 1780. The maximum absolute atomic E-state index is 11.7. The van der Waals surface area contributed by atoms with Crippen LogP contribution < -0.4 is 41.7 Å². The summed E-state index contributed by atoms with van der Waals surface area (Å²) in [5.41, 5.74) is 10.5. The summed E-state index contributed by atoms with van der Waals surface area (Å²) in [7, 11) is 0.855. The van der Waals surface area contributed by atoms with E-state index in [-0.39, 0.29) is 30.8 Å². The summed E-state index contributed by atoms with van der Waals surface area (Å²) in [5, 5.41) is 30.3. The predicted octanol–water partition coefficient (Wildman–Crippen LogP) is 3.46. The van der Waals surface area contributed by atoms with E-state index in [2.05, 4.69) is 26.5 Å². The number of hydrogen-bond acceptors (Lipinski definition) is 10. The van der Waals surface area contributed by atoms with E-state index in [9.17, 15) is 19.2 Å². The lowest BCUT2D eigenvalue weighted by Crippen LogP contribution is -2.37. The zero-order valence-electron chi connectivity index (χ0n) is 26.9. The molecule has 0 spiro atoms. The van der Waals surface area contributed by atoms with Crippen LogP contribution in [0.1, 0.15) is 11.1 Å². The smallest absolute Gasteiger partial charge is 0.374 e. The minimum absolute atomic E-state index is 0.0164. The van der Waals surface area contributed by atoms with Crippen molar-refractivity contribution in [2.24, 2.45) is 0 Å². The van der Waals surface area contributed by atoms with Gasteiger partial charge in [-0.05, 0) is 110 Å². The maximum Gasteiger partial charge on any atom is 0.374 e.